The largest absolute Gasteiger partial charge is 0.352 e. The van der Waals surface area contributed by atoms with Crippen molar-refractivity contribution in [2.24, 2.45) is 0 Å². The molecule has 1 aliphatic rings. The average Bonchev–Trinajstić information content (AvgIpc) is 3.33. The van der Waals surface area contributed by atoms with Gasteiger partial charge in [-0.15, -0.1) is 0 Å². The van der Waals surface area contributed by atoms with Gasteiger partial charge in [-0.25, -0.2) is 8.42 Å². The van der Waals surface area contributed by atoms with E-state index >= 15 is 0 Å². The summed E-state index contributed by atoms with van der Waals surface area (Å²) >= 11 is 6.15. The van der Waals surface area contributed by atoms with Crippen LogP contribution >= 0.6 is 11.6 Å². The van der Waals surface area contributed by atoms with Gasteiger partial charge in [-0.1, -0.05) is 54.8 Å². The van der Waals surface area contributed by atoms with Crippen molar-refractivity contribution in [1.29, 1.82) is 0 Å². The molecule has 1 fully saturated rings. The van der Waals surface area contributed by atoms with Gasteiger partial charge in [0, 0.05) is 30.6 Å². The molecule has 0 radical (unpaired) electrons. The van der Waals surface area contributed by atoms with Gasteiger partial charge in [0.2, 0.25) is 21.8 Å². The molecule has 0 spiro atoms. The monoisotopic (exact) mass is 533 g/mol. The second kappa shape index (κ2) is 12.6. The van der Waals surface area contributed by atoms with Gasteiger partial charge >= 0.3 is 0 Å². The standard InChI is InChI=1S/C27H36ClN3O4S/c1-20-10-4-7-15-25(20)31(36(3,34)35)17-9-16-26(32)30(19-22-11-8-12-23(28)18-22)21(2)27(33)29-24-13-5-6-14-24/h4,7-8,10-12,15,18,21,24H,5-6,9,13-14,16-17,19H2,1-3H3,(H,29,33)/t21-/m0/s1. The normalized spacial score (nSPS) is 14.9. The molecule has 0 saturated heterocycles. The number of para-hydroxylation sites is 1. The molecule has 2 aromatic carbocycles. The number of nitrogens with one attached hydrogen (secondary N) is 1. The Hall–Kier alpha value is -2.58. The first kappa shape index (κ1) is 28.0. The first-order chi connectivity index (χ1) is 17.1. The van der Waals surface area contributed by atoms with Crippen molar-refractivity contribution in [3.05, 3.63) is 64.7 Å². The highest BCUT2D eigenvalue weighted by Crippen LogP contribution is 2.23. The maximum absolute atomic E-state index is 13.4. The zero-order valence-electron chi connectivity index (χ0n) is 21.2. The Labute approximate surface area is 219 Å². The molecule has 196 valence electrons. The fourth-order valence-electron chi connectivity index (χ4n) is 4.63. The lowest BCUT2D eigenvalue weighted by atomic mass is 10.1. The second-order valence-electron chi connectivity index (χ2n) is 9.54. The second-order valence-corrected chi connectivity index (χ2v) is 11.9. The number of nitrogens with zero attached hydrogens (tertiary/aromatic N) is 2. The minimum Gasteiger partial charge on any atom is -0.352 e. The molecule has 36 heavy (non-hydrogen) atoms. The van der Waals surface area contributed by atoms with Crippen molar-refractivity contribution < 1.29 is 18.0 Å². The lowest BCUT2D eigenvalue weighted by molar-refractivity contribution is -0.141. The third-order valence-electron chi connectivity index (χ3n) is 6.65. The molecule has 3 rings (SSSR count). The number of rotatable bonds is 11. The molecular weight excluding hydrogens is 498 g/mol. The number of aryl methyl sites for hydroxylation is 1. The molecular formula is C27H36ClN3O4S. The molecule has 0 heterocycles. The number of carbonyl (C=O) groups excluding carboxylic acids is 2. The van der Waals surface area contributed by atoms with Crippen LogP contribution in [0.2, 0.25) is 5.02 Å². The molecule has 1 aliphatic carbocycles. The summed E-state index contributed by atoms with van der Waals surface area (Å²) in [5.41, 5.74) is 2.27. The number of sulfonamides is 1. The van der Waals surface area contributed by atoms with Gasteiger partial charge in [0.25, 0.3) is 0 Å². The van der Waals surface area contributed by atoms with E-state index in [1.165, 1.54) is 10.6 Å². The molecule has 1 atom stereocenters. The Morgan fingerprint density at radius 2 is 1.81 bits per heavy atom. The minimum absolute atomic E-state index is 0.111. The van der Waals surface area contributed by atoms with Crippen LogP contribution < -0.4 is 9.62 Å². The van der Waals surface area contributed by atoms with E-state index in [1.54, 1.807) is 36.1 Å². The van der Waals surface area contributed by atoms with Gasteiger partial charge < -0.3 is 10.2 Å². The van der Waals surface area contributed by atoms with Crippen LogP contribution in [0.15, 0.2) is 48.5 Å². The number of hydrogen-bond acceptors (Lipinski definition) is 4. The summed E-state index contributed by atoms with van der Waals surface area (Å²) in [5.74, 6) is -0.378. The van der Waals surface area contributed by atoms with Crippen LogP contribution in [-0.2, 0) is 26.2 Å². The average molecular weight is 534 g/mol. The Morgan fingerprint density at radius 3 is 2.44 bits per heavy atom. The van der Waals surface area contributed by atoms with Crippen molar-refractivity contribution in [3.63, 3.8) is 0 Å². The fraction of sp³-hybridized carbons (Fsp3) is 0.481. The highest BCUT2D eigenvalue weighted by Gasteiger charge is 2.29. The molecule has 0 aromatic heterocycles. The molecule has 0 bridgehead atoms. The summed E-state index contributed by atoms with van der Waals surface area (Å²) in [7, 11) is -3.53. The van der Waals surface area contributed by atoms with Crippen molar-refractivity contribution in [1.82, 2.24) is 10.2 Å². The zero-order valence-corrected chi connectivity index (χ0v) is 22.8. The molecule has 7 nitrogen and oxygen atoms in total. The lowest BCUT2D eigenvalue weighted by Crippen LogP contribution is -2.49. The third-order valence-corrected chi connectivity index (χ3v) is 8.06. The van der Waals surface area contributed by atoms with Crippen LogP contribution in [0.25, 0.3) is 0 Å². The van der Waals surface area contributed by atoms with Gasteiger partial charge in [-0.05, 0) is 62.4 Å². The molecule has 1 N–H and O–H groups in total. The van der Waals surface area contributed by atoms with Crippen molar-refractivity contribution in [3.8, 4) is 0 Å². The van der Waals surface area contributed by atoms with Crippen LogP contribution in [0.3, 0.4) is 0 Å². The van der Waals surface area contributed by atoms with Gasteiger partial charge in [-0.2, -0.15) is 0 Å². The van der Waals surface area contributed by atoms with Crippen molar-refractivity contribution >= 4 is 39.1 Å². The SMILES string of the molecule is Cc1ccccc1N(CCCC(=O)N(Cc1cccc(Cl)c1)[C@@H](C)C(=O)NC1CCCC1)S(C)(=O)=O. The predicted molar refractivity (Wildman–Crippen MR) is 144 cm³/mol. The van der Waals surface area contributed by atoms with E-state index in [2.05, 4.69) is 5.32 Å². The highest BCUT2D eigenvalue weighted by molar-refractivity contribution is 7.92. The Morgan fingerprint density at radius 1 is 1.11 bits per heavy atom. The fourth-order valence-corrected chi connectivity index (χ4v) is 5.87. The molecule has 2 aromatic rings. The van der Waals surface area contributed by atoms with E-state index in [0.29, 0.717) is 17.1 Å². The summed E-state index contributed by atoms with van der Waals surface area (Å²) in [6.07, 6.45) is 5.72. The number of amides is 2. The van der Waals surface area contributed by atoms with Gasteiger partial charge in [-0.3, -0.25) is 13.9 Å². The molecule has 9 heteroatoms. The smallest absolute Gasteiger partial charge is 0.242 e. The number of halogens is 1. The van der Waals surface area contributed by atoms with Gasteiger partial charge in [0.15, 0.2) is 0 Å². The summed E-state index contributed by atoms with van der Waals surface area (Å²) < 4.78 is 26.3. The number of hydrogen-bond donors (Lipinski definition) is 1. The van der Waals surface area contributed by atoms with Crippen molar-refractivity contribution in [2.45, 2.75) is 71.0 Å². The van der Waals surface area contributed by atoms with E-state index in [4.69, 9.17) is 11.6 Å². The van der Waals surface area contributed by atoms with Crippen molar-refractivity contribution in [2.75, 3.05) is 17.1 Å². The first-order valence-corrected chi connectivity index (χ1v) is 14.7. The maximum atomic E-state index is 13.4. The number of benzene rings is 2. The summed E-state index contributed by atoms with van der Waals surface area (Å²) in [4.78, 5) is 28.0. The molecule has 0 unspecified atom stereocenters. The number of anilines is 1. The zero-order chi connectivity index (χ0) is 26.3. The first-order valence-electron chi connectivity index (χ1n) is 12.4. The van der Waals surface area contributed by atoms with E-state index in [-0.39, 0.29) is 37.4 Å². The summed E-state index contributed by atoms with van der Waals surface area (Å²) in [6.45, 7) is 4.01. The summed E-state index contributed by atoms with van der Waals surface area (Å²) in [6, 6.07) is 14.0. The van der Waals surface area contributed by atoms with Crippen LogP contribution in [-0.4, -0.2) is 50.0 Å². The Bertz CT molecular complexity index is 1170. The van der Waals surface area contributed by atoms with E-state index in [0.717, 1.165) is 36.8 Å². The van der Waals surface area contributed by atoms with E-state index in [1.807, 2.05) is 31.2 Å². The predicted octanol–water partition coefficient (Wildman–Crippen LogP) is 4.67. The van der Waals surface area contributed by atoms with Crippen LogP contribution in [0, 0.1) is 6.92 Å². The summed E-state index contributed by atoms with van der Waals surface area (Å²) in [5, 5.41) is 3.65. The van der Waals surface area contributed by atoms with Gasteiger partial charge in [0.1, 0.15) is 6.04 Å². The number of carbonyl (C=O) groups is 2. The quantitative estimate of drug-likeness (QED) is 0.454. The highest BCUT2D eigenvalue weighted by atomic mass is 35.5. The van der Waals surface area contributed by atoms with Gasteiger partial charge in [0.05, 0.1) is 11.9 Å². The lowest BCUT2D eigenvalue weighted by Gasteiger charge is -2.30. The molecule has 1 saturated carbocycles. The third kappa shape index (κ3) is 7.71. The Kier molecular flexibility index (Phi) is 9.79. The Balaban J connectivity index is 1.72. The van der Waals surface area contributed by atoms with Crippen LogP contribution in [0.5, 0.6) is 0 Å². The minimum atomic E-state index is -3.53. The molecule has 0 aliphatic heterocycles. The van der Waals surface area contributed by atoms with Crippen LogP contribution in [0.1, 0.15) is 56.6 Å². The topological polar surface area (TPSA) is 86.8 Å². The molecule has 2 amide bonds. The van der Waals surface area contributed by atoms with E-state index < -0.39 is 16.1 Å². The maximum Gasteiger partial charge on any atom is 0.242 e. The van der Waals surface area contributed by atoms with Crippen LogP contribution in [0.4, 0.5) is 5.69 Å². The van der Waals surface area contributed by atoms with E-state index in [9.17, 15) is 18.0 Å².